The summed E-state index contributed by atoms with van der Waals surface area (Å²) in [5.41, 5.74) is 1.09. The van der Waals surface area contributed by atoms with Gasteiger partial charge < -0.3 is 5.11 Å². The maximum atomic E-state index is 12.5. The zero-order chi connectivity index (χ0) is 13.9. The van der Waals surface area contributed by atoms with E-state index in [9.17, 15) is 9.90 Å². The van der Waals surface area contributed by atoms with Gasteiger partial charge in [-0.15, -0.1) is 0 Å². The Labute approximate surface area is 116 Å². The second kappa shape index (κ2) is 5.23. The number of benzene rings is 2. The fourth-order valence-electron chi connectivity index (χ4n) is 2.26. The normalized spacial score (nSPS) is 12.2. The molecule has 1 heterocycles. The zero-order valence-electron chi connectivity index (χ0n) is 10.7. The molecule has 0 bridgehead atoms. The van der Waals surface area contributed by atoms with Crippen molar-refractivity contribution < 1.29 is 9.90 Å². The number of carbonyl (C=O) groups excluding carboxylic acids is 1. The van der Waals surface area contributed by atoms with E-state index in [-0.39, 0.29) is 5.78 Å². The third kappa shape index (κ3) is 2.19. The van der Waals surface area contributed by atoms with Gasteiger partial charge in [-0.1, -0.05) is 48.5 Å². The molecule has 3 rings (SSSR count). The number of nitrogens with zero attached hydrogens (tertiary/aromatic N) is 1. The molecule has 3 heteroatoms. The number of pyridine rings is 1. The van der Waals surface area contributed by atoms with Crippen molar-refractivity contribution in [3.63, 3.8) is 0 Å². The van der Waals surface area contributed by atoms with Gasteiger partial charge in [0.25, 0.3) is 0 Å². The summed E-state index contributed by atoms with van der Waals surface area (Å²) in [6.45, 7) is 0. The minimum Gasteiger partial charge on any atom is -0.380 e. The molecule has 0 aliphatic heterocycles. The van der Waals surface area contributed by atoms with E-state index in [2.05, 4.69) is 4.98 Å². The standard InChI is InChI=1S/C17H13NO2/c19-16(13-5-2-1-3-6-13)17(20)14-8-4-7-12-9-10-18-11-15(12)14/h1-11,16,19H. The molecule has 0 spiro atoms. The van der Waals surface area contributed by atoms with Crippen LogP contribution >= 0.6 is 0 Å². The summed E-state index contributed by atoms with van der Waals surface area (Å²) in [7, 11) is 0. The molecule has 0 fully saturated rings. The van der Waals surface area contributed by atoms with Gasteiger partial charge in [0.1, 0.15) is 6.10 Å². The first-order valence-corrected chi connectivity index (χ1v) is 6.37. The molecule has 0 aliphatic carbocycles. The van der Waals surface area contributed by atoms with E-state index in [1.807, 2.05) is 24.3 Å². The lowest BCUT2D eigenvalue weighted by Crippen LogP contribution is -2.12. The first-order chi connectivity index (χ1) is 9.77. The van der Waals surface area contributed by atoms with Crippen LogP contribution in [0.4, 0.5) is 0 Å². The van der Waals surface area contributed by atoms with Crippen LogP contribution in [0.5, 0.6) is 0 Å². The van der Waals surface area contributed by atoms with E-state index >= 15 is 0 Å². The molecule has 0 amide bonds. The van der Waals surface area contributed by atoms with Gasteiger partial charge in [0.05, 0.1) is 0 Å². The second-order valence-electron chi connectivity index (χ2n) is 4.58. The van der Waals surface area contributed by atoms with Crippen LogP contribution < -0.4 is 0 Å². The molecule has 3 nitrogen and oxygen atoms in total. The number of ketones is 1. The maximum absolute atomic E-state index is 12.5. The predicted octanol–water partition coefficient (Wildman–Crippen LogP) is 3.15. The van der Waals surface area contributed by atoms with Crippen molar-refractivity contribution in [1.82, 2.24) is 4.98 Å². The Bertz CT molecular complexity index is 748. The highest BCUT2D eigenvalue weighted by Crippen LogP contribution is 2.23. The van der Waals surface area contributed by atoms with Gasteiger partial charge in [-0.25, -0.2) is 0 Å². The first-order valence-electron chi connectivity index (χ1n) is 6.37. The minimum atomic E-state index is -1.15. The average molecular weight is 263 g/mol. The van der Waals surface area contributed by atoms with E-state index in [0.29, 0.717) is 11.1 Å². The third-order valence-electron chi connectivity index (χ3n) is 3.31. The molecule has 1 atom stereocenters. The molecule has 1 N–H and O–H groups in total. The quantitative estimate of drug-likeness (QED) is 0.738. The Morgan fingerprint density at radius 2 is 1.80 bits per heavy atom. The van der Waals surface area contributed by atoms with Crippen LogP contribution in [0.3, 0.4) is 0 Å². The lowest BCUT2D eigenvalue weighted by molar-refractivity contribution is 0.0749. The smallest absolute Gasteiger partial charge is 0.196 e. The predicted molar refractivity (Wildman–Crippen MR) is 77.5 cm³/mol. The molecule has 1 unspecified atom stereocenters. The number of fused-ring (bicyclic) bond motifs is 1. The highest BCUT2D eigenvalue weighted by molar-refractivity contribution is 6.10. The number of hydrogen-bond donors (Lipinski definition) is 1. The van der Waals surface area contributed by atoms with Gasteiger partial charge in [0.15, 0.2) is 5.78 Å². The van der Waals surface area contributed by atoms with Gasteiger partial charge in [0.2, 0.25) is 0 Å². The number of Topliss-reactive ketones (excluding diaryl/α,β-unsaturated/α-hetero) is 1. The van der Waals surface area contributed by atoms with E-state index in [0.717, 1.165) is 10.8 Å². The molecule has 2 aromatic carbocycles. The molecule has 0 saturated carbocycles. The molecular formula is C17H13NO2. The van der Waals surface area contributed by atoms with Crippen molar-refractivity contribution in [1.29, 1.82) is 0 Å². The Balaban J connectivity index is 2.05. The molecule has 20 heavy (non-hydrogen) atoms. The SMILES string of the molecule is O=C(c1cccc2ccncc12)C(O)c1ccccc1. The van der Waals surface area contributed by atoms with Gasteiger partial charge in [-0.05, 0) is 17.0 Å². The monoisotopic (exact) mass is 263 g/mol. The Kier molecular flexibility index (Phi) is 3.27. The number of aliphatic hydroxyl groups is 1. The summed E-state index contributed by atoms with van der Waals surface area (Å²) in [6.07, 6.45) is 2.19. The topological polar surface area (TPSA) is 50.2 Å². The Hall–Kier alpha value is -2.52. The van der Waals surface area contributed by atoms with E-state index < -0.39 is 6.10 Å². The highest BCUT2D eigenvalue weighted by atomic mass is 16.3. The molecule has 98 valence electrons. The second-order valence-corrected chi connectivity index (χ2v) is 4.58. The van der Waals surface area contributed by atoms with E-state index in [1.54, 1.807) is 42.7 Å². The number of hydrogen-bond acceptors (Lipinski definition) is 3. The van der Waals surface area contributed by atoms with Crippen LogP contribution in [0.25, 0.3) is 10.8 Å². The van der Waals surface area contributed by atoms with Crippen LogP contribution in [0.15, 0.2) is 67.0 Å². The van der Waals surface area contributed by atoms with Crippen molar-refractivity contribution in [3.05, 3.63) is 78.1 Å². The maximum Gasteiger partial charge on any atom is 0.196 e. The Morgan fingerprint density at radius 1 is 1.00 bits per heavy atom. The molecule has 1 aromatic heterocycles. The van der Waals surface area contributed by atoms with Crippen molar-refractivity contribution in [2.75, 3.05) is 0 Å². The minimum absolute atomic E-state index is 0.310. The van der Waals surface area contributed by atoms with Crippen LogP contribution in [0, 0.1) is 0 Å². The summed E-state index contributed by atoms with van der Waals surface area (Å²) in [5.74, 6) is -0.310. The van der Waals surface area contributed by atoms with Gasteiger partial charge in [-0.2, -0.15) is 0 Å². The van der Waals surface area contributed by atoms with Crippen molar-refractivity contribution in [2.24, 2.45) is 0 Å². The molecule has 0 saturated heterocycles. The number of aliphatic hydroxyl groups excluding tert-OH is 1. The van der Waals surface area contributed by atoms with Crippen molar-refractivity contribution in [2.45, 2.75) is 6.10 Å². The molecular weight excluding hydrogens is 250 g/mol. The first kappa shape index (κ1) is 12.5. The van der Waals surface area contributed by atoms with Gasteiger partial charge >= 0.3 is 0 Å². The number of carbonyl (C=O) groups is 1. The molecule has 0 radical (unpaired) electrons. The van der Waals surface area contributed by atoms with Gasteiger partial charge in [0, 0.05) is 23.3 Å². The van der Waals surface area contributed by atoms with Crippen LogP contribution in [-0.2, 0) is 0 Å². The Morgan fingerprint density at radius 3 is 2.60 bits per heavy atom. The zero-order valence-corrected chi connectivity index (χ0v) is 10.7. The number of aromatic nitrogens is 1. The van der Waals surface area contributed by atoms with Crippen molar-refractivity contribution in [3.8, 4) is 0 Å². The third-order valence-corrected chi connectivity index (χ3v) is 3.31. The fraction of sp³-hybridized carbons (Fsp3) is 0.0588. The summed E-state index contributed by atoms with van der Waals surface area (Å²) in [4.78, 5) is 16.5. The lowest BCUT2D eigenvalue weighted by atomic mass is 9.96. The fourth-order valence-corrected chi connectivity index (χ4v) is 2.26. The van der Waals surface area contributed by atoms with Crippen LogP contribution in [0.2, 0.25) is 0 Å². The number of rotatable bonds is 3. The van der Waals surface area contributed by atoms with E-state index in [1.165, 1.54) is 0 Å². The van der Waals surface area contributed by atoms with Crippen LogP contribution in [-0.4, -0.2) is 15.9 Å². The summed E-state index contributed by atoms with van der Waals surface area (Å²) >= 11 is 0. The molecule has 0 aliphatic rings. The molecule has 3 aromatic rings. The summed E-state index contributed by atoms with van der Waals surface area (Å²) < 4.78 is 0. The largest absolute Gasteiger partial charge is 0.380 e. The lowest BCUT2D eigenvalue weighted by Gasteiger charge is -2.11. The van der Waals surface area contributed by atoms with E-state index in [4.69, 9.17) is 0 Å². The highest BCUT2D eigenvalue weighted by Gasteiger charge is 2.20. The summed E-state index contributed by atoms with van der Waals surface area (Å²) in [5, 5.41) is 11.9. The average Bonchev–Trinajstić information content (AvgIpc) is 2.54. The van der Waals surface area contributed by atoms with Gasteiger partial charge in [-0.3, -0.25) is 9.78 Å². The summed E-state index contributed by atoms with van der Waals surface area (Å²) in [6, 6.07) is 16.2. The van der Waals surface area contributed by atoms with Crippen molar-refractivity contribution >= 4 is 16.6 Å². The van der Waals surface area contributed by atoms with Crippen LogP contribution in [0.1, 0.15) is 22.0 Å².